The largest absolute Gasteiger partial charge is 0.474 e. The molecule has 1 aliphatic heterocycles. The Kier molecular flexibility index (Phi) is 7.45. The van der Waals surface area contributed by atoms with E-state index < -0.39 is 18.0 Å². The van der Waals surface area contributed by atoms with Gasteiger partial charge >= 0.3 is 0 Å². The van der Waals surface area contributed by atoms with Gasteiger partial charge in [-0.15, -0.1) is 0 Å². The van der Waals surface area contributed by atoms with E-state index in [1.807, 2.05) is 0 Å². The fourth-order valence-electron chi connectivity index (χ4n) is 2.87. The van der Waals surface area contributed by atoms with Crippen molar-refractivity contribution in [3.05, 3.63) is 41.7 Å². The maximum Gasteiger partial charge on any atom is 0.280 e. The van der Waals surface area contributed by atoms with E-state index in [-0.39, 0.29) is 23.4 Å². The number of anilines is 1. The fraction of sp³-hybridized carbons (Fsp3) is 0.429. The van der Waals surface area contributed by atoms with Crippen LogP contribution in [0.25, 0.3) is 11.0 Å². The van der Waals surface area contributed by atoms with Gasteiger partial charge in [-0.1, -0.05) is 6.07 Å². The van der Waals surface area contributed by atoms with Gasteiger partial charge in [-0.05, 0) is 44.9 Å². The summed E-state index contributed by atoms with van der Waals surface area (Å²) in [5.41, 5.74) is 0.197. The minimum Gasteiger partial charge on any atom is -0.474 e. The highest BCUT2D eigenvalue weighted by atomic mass is 19.3. The molecule has 0 bridgehead atoms. The molecular weight excluding hydrogens is 408 g/mol. The molecular formula is C21H25F2N5O3. The lowest BCUT2D eigenvalue weighted by molar-refractivity contribution is 0.101. The number of rotatable bonds is 5. The third-order valence-corrected chi connectivity index (χ3v) is 4.23. The van der Waals surface area contributed by atoms with Crippen molar-refractivity contribution in [3.63, 3.8) is 0 Å². The number of nitrogens with one attached hydrogen (secondary N) is 1. The first-order valence-corrected chi connectivity index (χ1v) is 9.98. The highest BCUT2D eigenvalue weighted by molar-refractivity contribution is 6.07. The molecule has 3 aromatic rings. The summed E-state index contributed by atoms with van der Waals surface area (Å²) in [5, 5.41) is 7.36. The summed E-state index contributed by atoms with van der Waals surface area (Å²) >= 11 is 0. The number of ether oxygens (including phenoxy) is 2. The molecule has 0 saturated carbocycles. The van der Waals surface area contributed by atoms with Crippen LogP contribution in [0, 0.1) is 0 Å². The van der Waals surface area contributed by atoms with Crippen LogP contribution in [0.3, 0.4) is 0 Å². The molecule has 1 fully saturated rings. The Hall–Kier alpha value is -3.14. The zero-order valence-electron chi connectivity index (χ0n) is 17.6. The van der Waals surface area contributed by atoms with Crippen molar-refractivity contribution in [3.8, 4) is 5.88 Å². The molecule has 8 nitrogen and oxygen atoms in total. The van der Waals surface area contributed by atoms with Gasteiger partial charge in [-0.3, -0.25) is 9.48 Å². The zero-order valence-corrected chi connectivity index (χ0v) is 17.6. The molecule has 1 amide bonds. The fourth-order valence-corrected chi connectivity index (χ4v) is 2.87. The monoisotopic (exact) mass is 433 g/mol. The molecule has 0 unspecified atom stereocenters. The maximum atomic E-state index is 12.8. The molecule has 0 atom stereocenters. The molecule has 4 rings (SSSR count). The first-order chi connectivity index (χ1) is 14.8. The Morgan fingerprint density at radius 2 is 1.97 bits per heavy atom. The molecule has 1 N–H and O–H groups in total. The van der Waals surface area contributed by atoms with E-state index in [0.717, 1.165) is 13.2 Å². The molecule has 10 heteroatoms. The lowest BCUT2D eigenvalue weighted by atomic mass is 10.2. The molecule has 0 radical (unpaired) electrons. The molecule has 31 heavy (non-hydrogen) atoms. The van der Waals surface area contributed by atoms with E-state index in [1.165, 1.54) is 31.0 Å². The summed E-state index contributed by atoms with van der Waals surface area (Å²) in [5.74, 6) is -0.416. The van der Waals surface area contributed by atoms with Crippen LogP contribution in [0.15, 0.2) is 30.5 Å². The van der Waals surface area contributed by atoms with Gasteiger partial charge in [0, 0.05) is 31.8 Å². The third-order valence-electron chi connectivity index (χ3n) is 4.23. The summed E-state index contributed by atoms with van der Waals surface area (Å²) < 4.78 is 37.7. The standard InChI is InChI=1S/C17H17F2N5O2.C4H8O/c1-9(2)26-17-11(7-10-8-24(3)23-15(10)22-17)16(25)21-13-6-4-5-12(20-13)14(18)19;1-2-4-5-3-1/h4-9,14H,1-3H3,(H,20,21,25);1-4H2. The second-order valence-corrected chi connectivity index (χ2v) is 7.25. The smallest absolute Gasteiger partial charge is 0.280 e. The lowest BCUT2D eigenvalue weighted by Crippen LogP contribution is -2.17. The number of carbonyl (C=O) groups excluding carboxylic acids is 1. The topological polar surface area (TPSA) is 91.2 Å². The summed E-state index contributed by atoms with van der Waals surface area (Å²) in [7, 11) is 1.74. The van der Waals surface area contributed by atoms with Crippen molar-refractivity contribution in [2.75, 3.05) is 18.5 Å². The van der Waals surface area contributed by atoms with Gasteiger partial charge < -0.3 is 14.8 Å². The Labute approximate surface area is 178 Å². The molecule has 0 aromatic carbocycles. The van der Waals surface area contributed by atoms with Crippen molar-refractivity contribution >= 4 is 22.8 Å². The summed E-state index contributed by atoms with van der Waals surface area (Å²) in [6.45, 7) is 5.61. The number of aromatic nitrogens is 4. The average Bonchev–Trinajstić information content (AvgIpc) is 3.39. The van der Waals surface area contributed by atoms with E-state index >= 15 is 0 Å². The molecule has 1 saturated heterocycles. The molecule has 3 aromatic heterocycles. The number of pyridine rings is 2. The lowest BCUT2D eigenvalue weighted by Gasteiger charge is -2.13. The molecule has 166 valence electrons. The first kappa shape index (κ1) is 22.5. The Morgan fingerprint density at radius 1 is 1.23 bits per heavy atom. The summed E-state index contributed by atoms with van der Waals surface area (Å²) in [6.07, 6.45) is 1.34. The number of halogens is 2. The molecule has 0 spiro atoms. The summed E-state index contributed by atoms with van der Waals surface area (Å²) in [4.78, 5) is 20.7. The van der Waals surface area contributed by atoms with Crippen LogP contribution in [-0.4, -0.2) is 45.0 Å². The van der Waals surface area contributed by atoms with Gasteiger partial charge in [0.15, 0.2) is 5.65 Å². The van der Waals surface area contributed by atoms with E-state index in [9.17, 15) is 13.6 Å². The van der Waals surface area contributed by atoms with Crippen LogP contribution in [0.4, 0.5) is 14.6 Å². The Bertz CT molecular complexity index is 1030. The van der Waals surface area contributed by atoms with Crippen molar-refractivity contribution in [1.82, 2.24) is 19.7 Å². The van der Waals surface area contributed by atoms with Gasteiger partial charge in [-0.25, -0.2) is 13.8 Å². The third kappa shape index (κ3) is 6.17. The van der Waals surface area contributed by atoms with Crippen LogP contribution in [0.5, 0.6) is 5.88 Å². The van der Waals surface area contributed by atoms with Gasteiger partial charge in [0.2, 0.25) is 5.88 Å². The van der Waals surface area contributed by atoms with Crippen LogP contribution in [-0.2, 0) is 11.8 Å². The van der Waals surface area contributed by atoms with Crippen LogP contribution in [0.2, 0.25) is 0 Å². The number of fused-ring (bicyclic) bond motifs is 1. The second kappa shape index (κ2) is 10.3. The number of hydrogen-bond acceptors (Lipinski definition) is 6. The zero-order chi connectivity index (χ0) is 22.4. The van der Waals surface area contributed by atoms with Crippen molar-refractivity contribution in [2.24, 2.45) is 7.05 Å². The van der Waals surface area contributed by atoms with Crippen LogP contribution in [0.1, 0.15) is 49.2 Å². The van der Waals surface area contributed by atoms with E-state index in [2.05, 4.69) is 20.4 Å². The van der Waals surface area contributed by atoms with Gasteiger partial charge in [-0.2, -0.15) is 10.1 Å². The number of aryl methyl sites for hydroxylation is 1. The van der Waals surface area contributed by atoms with E-state index in [4.69, 9.17) is 9.47 Å². The minimum absolute atomic E-state index is 0.0228. The number of alkyl halides is 2. The SMILES string of the molecule is C1CCOC1.CC(C)Oc1nc2nn(C)cc2cc1C(=O)Nc1cccc(C(F)F)n1. The van der Waals surface area contributed by atoms with Gasteiger partial charge in [0.25, 0.3) is 12.3 Å². The van der Waals surface area contributed by atoms with Gasteiger partial charge in [0.1, 0.15) is 17.1 Å². The van der Waals surface area contributed by atoms with Crippen molar-refractivity contribution < 1.29 is 23.0 Å². The Morgan fingerprint density at radius 3 is 2.58 bits per heavy atom. The Balaban J connectivity index is 0.000000478. The average molecular weight is 433 g/mol. The highest BCUT2D eigenvalue weighted by Crippen LogP contribution is 2.24. The molecule has 0 aliphatic carbocycles. The number of hydrogen-bond donors (Lipinski definition) is 1. The quantitative estimate of drug-likeness (QED) is 0.650. The van der Waals surface area contributed by atoms with Gasteiger partial charge in [0.05, 0.1) is 6.10 Å². The first-order valence-electron chi connectivity index (χ1n) is 9.98. The normalized spacial score (nSPS) is 13.4. The number of carbonyl (C=O) groups is 1. The van der Waals surface area contributed by atoms with Crippen LogP contribution >= 0.6 is 0 Å². The van der Waals surface area contributed by atoms with E-state index in [0.29, 0.717) is 11.0 Å². The number of nitrogens with zero attached hydrogens (tertiary/aromatic N) is 4. The van der Waals surface area contributed by atoms with E-state index in [1.54, 1.807) is 37.8 Å². The minimum atomic E-state index is -2.72. The predicted molar refractivity (Wildman–Crippen MR) is 111 cm³/mol. The molecule has 1 aliphatic rings. The summed E-state index contributed by atoms with van der Waals surface area (Å²) in [6, 6.07) is 5.62. The van der Waals surface area contributed by atoms with Crippen LogP contribution < -0.4 is 10.1 Å². The maximum absolute atomic E-state index is 12.8. The van der Waals surface area contributed by atoms with Crippen molar-refractivity contribution in [1.29, 1.82) is 0 Å². The van der Waals surface area contributed by atoms with Crippen molar-refractivity contribution in [2.45, 2.75) is 39.2 Å². The highest BCUT2D eigenvalue weighted by Gasteiger charge is 2.19. The predicted octanol–water partition coefficient (Wildman–Crippen LogP) is 4.14. The number of amides is 1. The molecule has 4 heterocycles. The second-order valence-electron chi connectivity index (χ2n) is 7.25.